The van der Waals surface area contributed by atoms with Crippen molar-refractivity contribution in [2.24, 2.45) is 5.92 Å². The number of hydrogen-bond acceptors (Lipinski definition) is 3. The smallest absolute Gasteiger partial charge is 0.236 e. The zero-order chi connectivity index (χ0) is 18.4. The average molecular weight is 364 g/mol. The summed E-state index contributed by atoms with van der Waals surface area (Å²) in [5, 5.41) is 0. The van der Waals surface area contributed by atoms with Gasteiger partial charge in [-0.3, -0.25) is 14.5 Å². The van der Waals surface area contributed by atoms with E-state index in [1.54, 1.807) is 0 Å². The fourth-order valence-corrected chi connectivity index (χ4v) is 4.87. The highest BCUT2D eigenvalue weighted by atomic mass is 16.2. The molecule has 26 heavy (non-hydrogen) atoms. The van der Waals surface area contributed by atoms with Crippen molar-refractivity contribution in [3.8, 4) is 0 Å². The van der Waals surface area contributed by atoms with Gasteiger partial charge in [-0.05, 0) is 38.5 Å². The Balaban J connectivity index is 1.35. The van der Waals surface area contributed by atoms with Gasteiger partial charge >= 0.3 is 0 Å². The number of carbonyl (C=O) groups is 2. The van der Waals surface area contributed by atoms with E-state index in [2.05, 4.69) is 16.7 Å². The Kier molecular flexibility index (Phi) is 7.35. The van der Waals surface area contributed by atoms with Gasteiger partial charge < -0.3 is 9.80 Å². The molecule has 2 amide bonds. The molecule has 1 aliphatic carbocycles. The first kappa shape index (κ1) is 19.7. The van der Waals surface area contributed by atoms with Crippen molar-refractivity contribution in [1.29, 1.82) is 0 Å². The lowest BCUT2D eigenvalue weighted by atomic mass is 9.86. The molecule has 0 radical (unpaired) electrons. The third-order valence-electron chi connectivity index (χ3n) is 6.70. The Morgan fingerprint density at radius 2 is 1.50 bits per heavy atom. The molecule has 0 unspecified atom stereocenters. The molecule has 0 bridgehead atoms. The van der Waals surface area contributed by atoms with E-state index >= 15 is 0 Å². The molecule has 0 aromatic heterocycles. The van der Waals surface area contributed by atoms with Crippen LogP contribution < -0.4 is 0 Å². The predicted octanol–water partition coefficient (Wildman–Crippen LogP) is 2.89. The lowest BCUT2D eigenvalue weighted by Gasteiger charge is -2.38. The van der Waals surface area contributed by atoms with Crippen LogP contribution in [0.3, 0.4) is 0 Å². The summed E-state index contributed by atoms with van der Waals surface area (Å²) >= 11 is 0. The predicted molar refractivity (Wildman–Crippen MR) is 104 cm³/mol. The van der Waals surface area contributed by atoms with Crippen molar-refractivity contribution < 1.29 is 9.59 Å². The molecule has 3 aliphatic rings. The van der Waals surface area contributed by atoms with E-state index in [-0.39, 0.29) is 5.91 Å². The molecule has 0 aromatic rings. The van der Waals surface area contributed by atoms with E-state index in [9.17, 15) is 9.59 Å². The molecule has 2 aliphatic heterocycles. The van der Waals surface area contributed by atoms with Crippen molar-refractivity contribution in [1.82, 2.24) is 14.7 Å². The van der Waals surface area contributed by atoms with Crippen LogP contribution >= 0.6 is 0 Å². The number of amides is 2. The van der Waals surface area contributed by atoms with Gasteiger partial charge in [0.15, 0.2) is 0 Å². The first-order chi connectivity index (χ1) is 12.6. The Bertz CT molecular complexity index is 468. The van der Waals surface area contributed by atoms with Gasteiger partial charge in [0, 0.05) is 45.2 Å². The van der Waals surface area contributed by atoms with E-state index in [1.807, 2.05) is 4.90 Å². The summed E-state index contributed by atoms with van der Waals surface area (Å²) in [5.74, 6) is 1.37. The van der Waals surface area contributed by atoms with E-state index in [4.69, 9.17) is 0 Å². The highest BCUT2D eigenvalue weighted by molar-refractivity contribution is 5.79. The largest absolute Gasteiger partial charge is 0.340 e. The summed E-state index contributed by atoms with van der Waals surface area (Å²) < 4.78 is 0. The topological polar surface area (TPSA) is 43.9 Å². The van der Waals surface area contributed by atoms with Gasteiger partial charge in [0.05, 0.1) is 6.54 Å². The van der Waals surface area contributed by atoms with Crippen molar-refractivity contribution in [3.63, 3.8) is 0 Å². The highest BCUT2D eigenvalue weighted by Crippen LogP contribution is 2.27. The second kappa shape index (κ2) is 9.72. The molecule has 0 spiro atoms. The van der Waals surface area contributed by atoms with Crippen molar-refractivity contribution in [2.45, 2.75) is 77.2 Å². The van der Waals surface area contributed by atoms with Crippen LogP contribution in [-0.4, -0.2) is 71.8 Å². The van der Waals surface area contributed by atoms with Gasteiger partial charge in [-0.2, -0.15) is 0 Å². The third kappa shape index (κ3) is 5.45. The van der Waals surface area contributed by atoms with Crippen LogP contribution in [0.25, 0.3) is 0 Å². The van der Waals surface area contributed by atoms with Crippen molar-refractivity contribution in [3.05, 3.63) is 0 Å². The minimum absolute atomic E-state index is 0.272. The molecule has 2 heterocycles. The van der Waals surface area contributed by atoms with Crippen LogP contribution in [0, 0.1) is 5.92 Å². The standard InChI is InChI=1S/C21H37N3O2/c1-18-7-5-6-12-24(18)21(26)17-22-13-15-23(16-14-22)20(25)11-10-19-8-3-2-4-9-19/h18-19H,2-17H2,1H3/t18-/m1/s1. The van der Waals surface area contributed by atoms with E-state index in [0.29, 0.717) is 18.5 Å². The molecular weight excluding hydrogens is 326 g/mol. The van der Waals surface area contributed by atoms with Crippen LogP contribution in [0.15, 0.2) is 0 Å². The van der Waals surface area contributed by atoms with Gasteiger partial charge in [-0.25, -0.2) is 0 Å². The molecule has 1 atom stereocenters. The first-order valence-corrected chi connectivity index (χ1v) is 10.9. The van der Waals surface area contributed by atoms with Crippen molar-refractivity contribution in [2.75, 3.05) is 39.3 Å². The second-order valence-corrected chi connectivity index (χ2v) is 8.63. The number of piperazine rings is 1. The Labute approximate surface area is 159 Å². The Morgan fingerprint density at radius 3 is 2.19 bits per heavy atom. The van der Waals surface area contributed by atoms with Gasteiger partial charge in [-0.15, -0.1) is 0 Å². The average Bonchev–Trinajstić information content (AvgIpc) is 2.68. The summed E-state index contributed by atoms with van der Waals surface area (Å²) in [6, 6.07) is 0.388. The molecule has 3 fully saturated rings. The maximum Gasteiger partial charge on any atom is 0.236 e. The first-order valence-electron chi connectivity index (χ1n) is 10.9. The molecule has 2 saturated heterocycles. The molecule has 5 heteroatoms. The Morgan fingerprint density at radius 1 is 0.808 bits per heavy atom. The number of likely N-dealkylation sites (tertiary alicyclic amines) is 1. The van der Waals surface area contributed by atoms with Crippen LogP contribution in [0.2, 0.25) is 0 Å². The van der Waals surface area contributed by atoms with Crippen LogP contribution in [0.4, 0.5) is 0 Å². The van der Waals surface area contributed by atoms with Crippen LogP contribution in [0.1, 0.15) is 71.1 Å². The maximum absolute atomic E-state index is 12.6. The quantitative estimate of drug-likeness (QED) is 0.754. The summed E-state index contributed by atoms with van der Waals surface area (Å²) in [6.07, 6.45) is 12.0. The highest BCUT2D eigenvalue weighted by Gasteiger charge is 2.27. The summed E-state index contributed by atoms with van der Waals surface area (Å²) in [7, 11) is 0. The Hall–Kier alpha value is -1.10. The molecule has 1 saturated carbocycles. The summed E-state index contributed by atoms with van der Waals surface area (Å²) in [6.45, 7) is 6.85. The number of nitrogens with zero attached hydrogens (tertiary/aromatic N) is 3. The van der Waals surface area contributed by atoms with E-state index in [1.165, 1.54) is 38.5 Å². The molecular formula is C21H37N3O2. The molecule has 0 aromatic carbocycles. The van der Waals surface area contributed by atoms with Crippen molar-refractivity contribution >= 4 is 11.8 Å². The lowest BCUT2D eigenvalue weighted by Crippen LogP contribution is -2.53. The number of rotatable bonds is 5. The van der Waals surface area contributed by atoms with Crippen LogP contribution in [0.5, 0.6) is 0 Å². The molecule has 3 rings (SSSR count). The fourth-order valence-electron chi connectivity index (χ4n) is 4.87. The number of carbonyl (C=O) groups excluding carboxylic acids is 2. The monoisotopic (exact) mass is 363 g/mol. The fraction of sp³-hybridized carbons (Fsp3) is 0.905. The van der Waals surface area contributed by atoms with Gasteiger partial charge in [0.2, 0.25) is 11.8 Å². The normalized spacial score (nSPS) is 26.1. The zero-order valence-electron chi connectivity index (χ0n) is 16.6. The maximum atomic E-state index is 12.6. The summed E-state index contributed by atoms with van der Waals surface area (Å²) in [5.41, 5.74) is 0. The van der Waals surface area contributed by atoms with Gasteiger partial charge in [0.1, 0.15) is 0 Å². The number of piperidine rings is 1. The summed E-state index contributed by atoms with van der Waals surface area (Å²) in [4.78, 5) is 31.4. The minimum atomic E-state index is 0.272. The molecule has 5 nitrogen and oxygen atoms in total. The van der Waals surface area contributed by atoms with Gasteiger partial charge in [0.25, 0.3) is 0 Å². The molecule has 148 valence electrons. The van der Waals surface area contributed by atoms with E-state index in [0.717, 1.165) is 64.3 Å². The molecule has 0 N–H and O–H groups in total. The van der Waals surface area contributed by atoms with Crippen LogP contribution in [-0.2, 0) is 9.59 Å². The second-order valence-electron chi connectivity index (χ2n) is 8.63. The third-order valence-corrected chi connectivity index (χ3v) is 6.70. The lowest BCUT2D eigenvalue weighted by molar-refractivity contribution is -0.137. The van der Waals surface area contributed by atoms with E-state index < -0.39 is 0 Å². The SMILES string of the molecule is C[C@@H]1CCCCN1C(=O)CN1CCN(C(=O)CCC2CCCCC2)CC1. The minimum Gasteiger partial charge on any atom is -0.340 e. The number of hydrogen-bond donors (Lipinski definition) is 0. The zero-order valence-corrected chi connectivity index (χ0v) is 16.6. The van der Waals surface area contributed by atoms with Gasteiger partial charge in [-0.1, -0.05) is 32.1 Å².